The van der Waals surface area contributed by atoms with Crippen LogP contribution in [0.3, 0.4) is 0 Å². The summed E-state index contributed by atoms with van der Waals surface area (Å²) in [5.41, 5.74) is -0.431. The van der Waals surface area contributed by atoms with Gasteiger partial charge in [-0.05, 0) is 6.42 Å². The fraction of sp³-hybridized carbons (Fsp3) is 0.857. The fourth-order valence-corrected chi connectivity index (χ4v) is 1.90. The molecule has 2 atom stereocenters. The van der Waals surface area contributed by atoms with Gasteiger partial charge in [-0.3, -0.25) is 4.79 Å². The molecule has 4 heteroatoms. The van der Waals surface area contributed by atoms with Gasteiger partial charge in [0.05, 0.1) is 6.10 Å². The topological polar surface area (TPSA) is 61.4 Å². The van der Waals surface area contributed by atoms with E-state index < -0.39 is 5.54 Å². The zero-order valence-electron chi connectivity index (χ0n) is 6.26. The molecule has 62 valence electrons. The van der Waals surface area contributed by atoms with E-state index in [-0.39, 0.29) is 12.0 Å². The Morgan fingerprint density at radius 3 is 2.91 bits per heavy atom. The van der Waals surface area contributed by atoms with Crippen molar-refractivity contribution in [1.82, 2.24) is 10.6 Å². The van der Waals surface area contributed by atoms with Gasteiger partial charge in [0.15, 0.2) is 0 Å². The van der Waals surface area contributed by atoms with Crippen LogP contribution in [-0.2, 0) is 4.79 Å². The maximum Gasteiger partial charge on any atom is 0.240 e. The van der Waals surface area contributed by atoms with Crippen LogP contribution in [0.15, 0.2) is 0 Å². The van der Waals surface area contributed by atoms with Gasteiger partial charge in [0.1, 0.15) is 5.54 Å². The summed E-state index contributed by atoms with van der Waals surface area (Å²) in [5, 5.41) is 15.1. The van der Waals surface area contributed by atoms with Crippen molar-refractivity contribution in [2.75, 3.05) is 13.1 Å². The molecule has 2 unspecified atom stereocenters. The van der Waals surface area contributed by atoms with Crippen LogP contribution in [0.4, 0.5) is 0 Å². The summed E-state index contributed by atoms with van der Waals surface area (Å²) < 4.78 is 0. The van der Waals surface area contributed by atoms with Crippen LogP contribution in [0.25, 0.3) is 0 Å². The predicted octanol–water partition coefficient (Wildman–Crippen LogP) is -1.40. The second-order valence-electron chi connectivity index (χ2n) is 3.33. The van der Waals surface area contributed by atoms with Crippen molar-refractivity contribution in [3.05, 3.63) is 0 Å². The number of hydrogen-bond acceptors (Lipinski definition) is 3. The number of rotatable bonds is 0. The van der Waals surface area contributed by atoms with Crippen molar-refractivity contribution in [3.8, 4) is 0 Å². The quantitative estimate of drug-likeness (QED) is 0.404. The summed E-state index contributed by atoms with van der Waals surface area (Å²) >= 11 is 0. The van der Waals surface area contributed by atoms with Crippen LogP contribution in [0.1, 0.15) is 12.8 Å². The molecule has 0 aromatic heterocycles. The maximum absolute atomic E-state index is 11.3. The first-order valence-electron chi connectivity index (χ1n) is 3.94. The normalized spacial score (nSPS) is 43.4. The molecule has 1 amide bonds. The third-order valence-corrected chi connectivity index (χ3v) is 2.53. The van der Waals surface area contributed by atoms with Gasteiger partial charge in [-0.1, -0.05) is 0 Å². The Bertz CT molecular complexity index is 195. The predicted molar refractivity (Wildman–Crippen MR) is 39.0 cm³/mol. The first-order chi connectivity index (χ1) is 5.23. The SMILES string of the molecule is O=C1NCCC12CC(O)CN2. The molecular formula is C7H12N2O2. The lowest BCUT2D eigenvalue weighted by Gasteiger charge is -2.18. The lowest BCUT2D eigenvalue weighted by molar-refractivity contribution is -0.124. The number of hydrogen-bond donors (Lipinski definition) is 3. The first-order valence-corrected chi connectivity index (χ1v) is 3.94. The Balaban J connectivity index is 2.16. The van der Waals surface area contributed by atoms with E-state index in [0.29, 0.717) is 13.0 Å². The van der Waals surface area contributed by atoms with Gasteiger partial charge in [0, 0.05) is 19.5 Å². The van der Waals surface area contributed by atoms with E-state index in [1.165, 1.54) is 0 Å². The molecule has 0 aromatic rings. The van der Waals surface area contributed by atoms with E-state index >= 15 is 0 Å². The number of nitrogens with one attached hydrogen (secondary N) is 2. The standard InChI is InChI=1S/C7H12N2O2/c10-5-3-7(9-4-5)1-2-8-6(7)11/h5,9-10H,1-4H2,(H,8,11). The lowest BCUT2D eigenvalue weighted by atomic mass is 9.95. The van der Waals surface area contributed by atoms with Crippen LogP contribution < -0.4 is 10.6 Å². The first kappa shape index (κ1) is 7.06. The molecule has 2 fully saturated rings. The zero-order valence-corrected chi connectivity index (χ0v) is 6.26. The van der Waals surface area contributed by atoms with Crippen LogP contribution in [0, 0.1) is 0 Å². The Hall–Kier alpha value is -0.610. The minimum Gasteiger partial charge on any atom is -0.392 e. The van der Waals surface area contributed by atoms with Crippen LogP contribution in [0.2, 0.25) is 0 Å². The molecule has 0 radical (unpaired) electrons. The molecule has 3 N–H and O–H groups in total. The molecule has 4 nitrogen and oxygen atoms in total. The summed E-state index contributed by atoms with van der Waals surface area (Å²) in [6, 6.07) is 0. The van der Waals surface area contributed by atoms with Crippen molar-refractivity contribution in [3.63, 3.8) is 0 Å². The average molecular weight is 156 g/mol. The highest BCUT2D eigenvalue weighted by Crippen LogP contribution is 2.26. The molecule has 2 aliphatic rings. The van der Waals surface area contributed by atoms with E-state index in [2.05, 4.69) is 10.6 Å². The molecule has 2 aliphatic heterocycles. The molecule has 2 saturated heterocycles. The van der Waals surface area contributed by atoms with E-state index in [4.69, 9.17) is 0 Å². The Morgan fingerprint density at radius 2 is 2.45 bits per heavy atom. The maximum atomic E-state index is 11.3. The van der Waals surface area contributed by atoms with Gasteiger partial charge in [-0.15, -0.1) is 0 Å². The second kappa shape index (κ2) is 2.19. The average Bonchev–Trinajstić information content (AvgIpc) is 2.46. The van der Waals surface area contributed by atoms with Crippen molar-refractivity contribution in [2.45, 2.75) is 24.5 Å². The van der Waals surface area contributed by atoms with Crippen LogP contribution in [0.5, 0.6) is 0 Å². The van der Waals surface area contributed by atoms with Crippen LogP contribution in [-0.4, -0.2) is 35.7 Å². The van der Waals surface area contributed by atoms with Gasteiger partial charge < -0.3 is 15.7 Å². The fourth-order valence-electron chi connectivity index (χ4n) is 1.90. The summed E-state index contributed by atoms with van der Waals surface area (Å²) in [6.45, 7) is 1.28. The molecular weight excluding hydrogens is 144 g/mol. The van der Waals surface area contributed by atoms with E-state index in [9.17, 15) is 9.90 Å². The molecule has 0 saturated carbocycles. The highest BCUT2D eigenvalue weighted by Gasteiger charge is 2.47. The zero-order chi connectivity index (χ0) is 7.90. The molecule has 0 bridgehead atoms. The molecule has 0 aliphatic carbocycles. The summed E-state index contributed by atoms with van der Waals surface area (Å²) in [6.07, 6.45) is 1.03. The van der Waals surface area contributed by atoms with Crippen molar-refractivity contribution in [2.24, 2.45) is 0 Å². The molecule has 2 heterocycles. The van der Waals surface area contributed by atoms with Crippen molar-refractivity contribution < 1.29 is 9.90 Å². The second-order valence-corrected chi connectivity index (χ2v) is 3.33. The smallest absolute Gasteiger partial charge is 0.240 e. The summed E-state index contributed by atoms with van der Waals surface area (Å²) in [4.78, 5) is 11.3. The van der Waals surface area contributed by atoms with E-state index in [0.717, 1.165) is 13.0 Å². The molecule has 1 spiro atoms. The highest BCUT2D eigenvalue weighted by molar-refractivity contribution is 5.88. The van der Waals surface area contributed by atoms with Gasteiger partial charge in [0.2, 0.25) is 5.91 Å². The lowest BCUT2D eigenvalue weighted by Crippen LogP contribution is -2.46. The van der Waals surface area contributed by atoms with Gasteiger partial charge >= 0.3 is 0 Å². The van der Waals surface area contributed by atoms with Gasteiger partial charge in [0.25, 0.3) is 0 Å². The van der Waals surface area contributed by atoms with Crippen molar-refractivity contribution in [1.29, 1.82) is 0 Å². The highest BCUT2D eigenvalue weighted by atomic mass is 16.3. The molecule has 2 rings (SSSR count). The van der Waals surface area contributed by atoms with Crippen LogP contribution >= 0.6 is 0 Å². The number of β-amino-alcohol motifs (C(OH)–C–C–N with tert-alkyl or cyclic N) is 1. The summed E-state index contributed by atoms with van der Waals surface area (Å²) in [5.74, 6) is 0.0500. The number of carbonyl (C=O) groups excluding carboxylic acids is 1. The Labute approximate surface area is 65.0 Å². The number of amides is 1. The number of aliphatic hydroxyl groups excluding tert-OH is 1. The molecule has 0 aromatic carbocycles. The van der Waals surface area contributed by atoms with Gasteiger partial charge in [-0.2, -0.15) is 0 Å². The number of aliphatic hydroxyl groups is 1. The molecule has 11 heavy (non-hydrogen) atoms. The number of carbonyl (C=O) groups is 1. The minimum absolute atomic E-state index is 0.0500. The monoisotopic (exact) mass is 156 g/mol. The van der Waals surface area contributed by atoms with E-state index in [1.807, 2.05) is 0 Å². The van der Waals surface area contributed by atoms with Gasteiger partial charge in [-0.25, -0.2) is 0 Å². The largest absolute Gasteiger partial charge is 0.392 e. The summed E-state index contributed by atoms with van der Waals surface area (Å²) in [7, 11) is 0. The minimum atomic E-state index is -0.431. The Morgan fingerprint density at radius 1 is 1.64 bits per heavy atom. The Kier molecular flexibility index (Phi) is 1.40. The van der Waals surface area contributed by atoms with E-state index in [1.54, 1.807) is 0 Å². The third kappa shape index (κ3) is 0.937. The third-order valence-electron chi connectivity index (χ3n) is 2.53. The van der Waals surface area contributed by atoms with Crippen molar-refractivity contribution >= 4 is 5.91 Å².